The van der Waals surface area contributed by atoms with Crippen LogP contribution >= 0.6 is 15.9 Å². The van der Waals surface area contributed by atoms with Gasteiger partial charge in [-0.3, -0.25) is 4.79 Å². The Morgan fingerprint density at radius 3 is 2.50 bits per heavy atom. The van der Waals surface area contributed by atoms with E-state index in [4.69, 9.17) is 0 Å². The Morgan fingerprint density at radius 2 is 2.00 bits per heavy atom. The second-order valence-electron chi connectivity index (χ2n) is 5.35. The molecule has 0 aliphatic carbocycles. The number of carbonyl (C=O) groups is 1. The van der Waals surface area contributed by atoms with Crippen molar-refractivity contribution in [3.05, 3.63) is 33.8 Å². The van der Waals surface area contributed by atoms with Crippen molar-refractivity contribution in [3.63, 3.8) is 0 Å². The van der Waals surface area contributed by atoms with Crippen LogP contribution in [0.5, 0.6) is 0 Å². The largest absolute Gasteiger partial charge is 0.350 e. The SMILES string of the molecule is Cc1cc(C(=O)NCC(C)(C)N(C)C)ccc1Br. The Balaban J connectivity index is 2.69. The zero-order valence-electron chi connectivity index (χ0n) is 11.7. The molecule has 0 aliphatic heterocycles. The minimum Gasteiger partial charge on any atom is -0.350 e. The van der Waals surface area contributed by atoms with E-state index in [0.29, 0.717) is 12.1 Å². The Labute approximate surface area is 118 Å². The number of hydrogen-bond acceptors (Lipinski definition) is 2. The van der Waals surface area contributed by atoms with Gasteiger partial charge in [-0.05, 0) is 58.6 Å². The highest BCUT2D eigenvalue weighted by molar-refractivity contribution is 9.10. The lowest BCUT2D eigenvalue weighted by Crippen LogP contribution is -2.48. The fourth-order valence-corrected chi connectivity index (χ4v) is 1.59. The summed E-state index contributed by atoms with van der Waals surface area (Å²) in [4.78, 5) is 14.1. The van der Waals surface area contributed by atoms with E-state index in [9.17, 15) is 4.79 Å². The molecule has 0 saturated carbocycles. The van der Waals surface area contributed by atoms with Crippen LogP contribution in [0.3, 0.4) is 0 Å². The van der Waals surface area contributed by atoms with Gasteiger partial charge in [0.1, 0.15) is 0 Å². The number of hydrogen-bond donors (Lipinski definition) is 1. The highest BCUT2D eigenvalue weighted by atomic mass is 79.9. The predicted molar refractivity (Wildman–Crippen MR) is 79.0 cm³/mol. The zero-order valence-corrected chi connectivity index (χ0v) is 13.3. The van der Waals surface area contributed by atoms with Crippen LogP contribution in [0.4, 0.5) is 0 Å². The van der Waals surface area contributed by atoms with Crippen molar-refractivity contribution in [3.8, 4) is 0 Å². The van der Waals surface area contributed by atoms with Crippen molar-refractivity contribution >= 4 is 21.8 Å². The normalized spacial score (nSPS) is 11.7. The van der Waals surface area contributed by atoms with Crippen molar-refractivity contribution in [2.24, 2.45) is 0 Å². The van der Waals surface area contributed by atoms with Gasteiger partial charge in [-0.15, -0.1) is 0 Å². The lowest BCUT2D eigenvalue weighted by atomic mass is 10.0. The zero-order chi connectivity index (χ0) is 13.9. The molecule has 0 aliphatic rings. The maximum absolute atomic E-state index is 12.0. The van der Waals surface area contributed by atoms with Crippen LogP contribution in [-0.4, -0.2) is 37.0 Å². The van der Waals surface area contributed by atoms with E-state index in [-0.39, 0.29) is 11.4 Å². The molecule has 1 aromatic carbocycles. The Hall–Kier alpha value is -0.870. The minimum absolute atomic E-state index is 0.0273. The number of rotatable bonds is 4. The molecule has 0 aromatic heterocycles. The van der Waals surface area contributed by atoms with Gasteiger partial charge in [0, 0.05) is 22.1 Å². The van der Waals surface area contributed by atoms with Crippen LogP contribution in [-0.2, 0) is 0 Å². The van der Waals surface area contributed by atoms with Gasteiger partial charge in [-0.2, -0.15) is 0 Å². The first-order valence-corrected chi connectivity index (χ1v) is 6.75. The summed E-state index contributed by atoms with van der Waals surface area (Å²) < 4.78 is 1.02. The number of likely N-dealkylation sites (N-methyl/N-ethyl adjacent to an activating group) is 1. The fraction of sp³-hybridized carbons (Fsp3) is 0.500. The topological polar surface area (TPSA) is 32.3 Å². The van der Waals surface area contributed by atoms with Crippen LogP contribution in [0.25, 0.3) is 0 Å². The van der Waals surface area contributed by atoms with Gasteiger partial charge in [0.05, 0.1) is 0 Å². The molecular formula is C14H21BrN2O. The second kappa shape index (κ2) is 5.85. The Kier molecular flexibility index (Phi) is 4.93. The molecule has 0 fully saturated rings. The molecule has 4 heteroatoms. The Morgan fingerprint density at radius 1 is 1.39 bits per heavy atom. The molecule has 0 spiro atoms. The molecule has 100 valence electrons. The molecule has 1 aromatic rings. The average molecular weight is 313 g/mol. The Bertz CT molecular complexity index is 441. The van der Waals surface area contributed by atoms with E-state index < -0.39 is 0 Å². The average Bonchev–Trinajstić information content (AvgIpc) is 2.29. The number of nitrogens with one attached hydrogen (secondary N) is 1. The van der Waals surface area contributed by atoms with E-state index in [2.05, 4.69) is 40.0 Å². The van der Waals surface area contributed by atoms with Gasteiger partial charge < -0.3 is 10.2 Å². The monoisotopic (exact) mass is 312 g/mol. The molecule has 0 saturated heterocycles. The summed E-state index contributed by atoms with van der Waals surface area (Å²) in [7, 11) is 4.02. The summed E-state index contributed by atoms with van der Waals surface area (Å²) in [5, 5.41) is 2.97. The van der Waals surface area contributed by atoms with Crippen LogP contribution in [0.1, 0.15) is 29.8 Å². The lowest BCUT2D eigenvalue weighted by Gasteiger charge is -2.32. The van der Waals surface area contributed by atoms with Crippen LogP contribution in [0, 0.1) is 6.92 Å². The first-order valence-electron chi connectivity index (χ1n) is 5.96. The van der Waals surface area contributed by atoms with Crippen molar-refractivity contribution in [1.29, 1.82) is 0 Å². The van der Waals surface area contributed by atoms with Gasteiger partial charge in [0.2, 0.25) is 0 Å². The highest BCUT2D eigenvalue weighted by Gasteiger charge is 2.21. The van der Waals surface area contributed by atoms with E-state index in [1.165, 1.54) is 0 Å². The highest BCUT2D eigenvalue weighted by Crippen LogP contribution is 2.17. The van der Waals surface area contributed by atoms with Crippen molar-refractivity contribution in [1.82, 2.24) is 10.2 Å². The number of carbonyl (C=O) groups excluding carboxylic acids is 1. The third-order valence-corrected chi connectivity index (χ3v) is 4.20. The summed E-state index contributed by atoms with van der Waals surface area (Å²) in [6.07, 6.45) is 0. The van der Waals surface area contributed by atoms with Crippen LogP contribution < -0.4 is 5.32 Å². The second-order valence-corrected chi connectivity index (χ2v) is 6.21. The van der Waals surface area contributed by atoms with Gasteiger partial charge in [0.25, 0.3) is 5.91 Å². The summed E-state index contributed by atoms with van der Waals surface area (Å²) in [6, 6.07) is 5.62. The van der Waals surface area contributed by atoms with Gasteiger partial charge in [-0.25, -0.2) is 0 Å². The molecule has 0 unspecified atom stereocenters. The van der Waals surface area contributed by atoms with Crippen LogP contribution in [0.2, 0.25) is 0 Å². The molecular weight excluding hydrogens is 292 g/mol. The number of aryl methyl sites for hydroxylation is 1. The summed E-state index contributed by atoms with van der Waals surface area (Å²) >= 11 is 3.43. The predicted octanol–water partition coefficient (Wildman–Crippen LogP) is 2.83. The maximum Gasteiger partial charge on any atom is 0.251 e. The van der Waals surface area contributed by atoms with E-state index in [1.807, 2.05) is 39.2 Å². The maximum atomic E-state index is 12.0. The molecule has 0 radical (unpaired) electrons. The van der Waals surface area contributed by atoms with E-state index in [1.54, 1.807) is 0 Å². The molecule has 0 atom stereocenters. The van der Waals surface area contributed by atoms with Gasteiger partial charge >= 0.3 is 0 Å². The first kappa shape index (κ1) is 15.2. The van der Waals surface area contributed by atoms with Crippen molar-refractivity contribution in [2.45, 2.75) is 26.3 Å². The van der Waals surface area contributed by atoms with Crippen molar-refractivity contribution in [2.75, 3.05) is 20.6 Å². The summed E-state index contributed by atoms with van der Waals surface area (Å²) in [5.41, 5.74) is 1.71. The van der Waals surface area contributed by atoms with E-state index >= 15 is 0 Å². The third-order valence-electron chi connectivity index (χ3n) is 3.31. The standard InChI is InChI=1S/C14H21BrN2O/c1-10-8-11(6-7-12(10)15)13(18)16-9-14(2,3)17(4)5/h6-8H,9H2,1-5H3,(H,16,18). The first-order chi connectivity index (χ1) is 8.24. The van der Waals surface area contributed by atoms with Crippen molar-refractivity contribution < 1.29 is 4.79 Å². The summed E-state index contributed by atoms with van der Waals surface area (Å²) in [6.45, 7) is 6.79. The fourth-order valence-electron chi connectivity index (χ4n) is 1.34. The quantitative estimate of drug-likeness (QED) is 0.927. The third kappa shape index (κ3) is 3.82. The number of amides is 1. The molecule has 0 heterocycles. The number of benzene rings is 1. The molecule has 0 bridgehead atoms. The number of halogens is 1. The number of nitrogens with zero attached hydrogens (tertiary/aromatic N) is 1. The minimum atomic E-state index is -0.0555. The van der Waals surface area contributed by atoms with Gasteiger partial charge in [-0.1, -0.05) is 15.9 Å². The molecule has 1 amide bonds. The summed E-state index contributed by atoms with van der Waals surface area (Å²) in [5.74, 6) is -0.0273. The van der Waals surface area contributed by atoms with E-state index in [0.717, 1.165) is 10.0 Å². The molecule has 1 rings (SSSR count). The van der Waals surface area contributed by atoms with Gasteiger partial charge in [0.15, 0.2) is 0 Å². The molecule has 18 heavy (non-hydrogen) atoms. The smallest absolute Gasteiger partial charge is 0.251 e. The molecule has 3 nitrogen and oxygen atoms in total. The lowest BCUT2D eigenvalue weighted by molar-refractivity contribution is 0.0919. The molecule has 1 N–H and O–H groups in total. The van der Waals surface area contributed by atoms with Crippen LogP contribution in [0.15, 0.2) is 22.7 Å².